The molecule has 3 heterocycles. The lowest BCUT2D eigenvalue weighted by atomic mass is 10.0. The van der Waals surface area contributed by atoms with Crippen LogP contribution >= 0.6 is 11.6 Å². The van der Waals surface area contributed by atoms with Gasteiger partial charge in [-0.15, -0.1) is 0 Å². The monoisotopic (exact) mass is 437 g/mol. The molecule has 4 heteroatoms. The number of hydrogen-bond donors (Lipinski definition) is 0. The van der Waals surface area contributed by atoms with Crippen molar-refractivity contribution < 1.29 is 0 Å². The highest BCUT2D eigenvalue weighted by atomic mass is 35.5. The lowest BCUT2D eigenvalue weighted by molar-refractivity contribution is 0.131. The summed E-state index contributed by atoms with van der Waals surface area (Å²) in [5.41, 5.74) is 6.86. The Balaban J connectivity index is 1.56. The molecule has 2 saturated heterocycles. The van der Waals surface area contributed by atoms with Gasteiger partial charge in [-0.2, -0.15) is 0 Å². The molecule has 2 unspecified atom stereocenters. The molecule has 2 fully saturated rings. The van der Waals surface area contributed by atoms with Gasteiger partial charge < -0.3 is 9.80 Å². The lowest BCUT2D eigenvalue weighted by Gasteiger charge is -2.45. The summed E-state index contributed by atoms with van der Waals surface area (Å²) in [7, 11) is 0. The summed E-state index contributed by atoms with van der Waals surface area (Å²) in [6, 6.07) is 7.59. The van der Waals surface area contributed by atoms with Gasteiger partial charge in [0.2, 0.25) is 0 Å². The van der Waals surface area contributed by atoms with Gasteiger partial charge in [0, 0.05) is 47.6 Å². The first kappa shape index (κ1) is 22.2. The van der Waals surface area contributed by atoms with E-state index in [-0.39, 0.29) is 0 Å². The fraction of sp³-hybridized carbons (Fsp3) is 0.519. The van der Waals surface area contributed by atoms with Crippen molar-refractivity contribution >= 4 is 28.2 Å². The summed E-state index contributed by atoms with van der Waals surface area (Å²) in [6.07, 6.45) is 7.92. The van der Waals surface area contributed by atoms with Crippen LogP contribution in [0, 0.1) is 0 Å². The predicted molar refractivity (Wildman–Crippen MR) is 133 cm³/mol. The first-order chi connectivity index (χ1) is 15.0. The Kier molecular flexibility index (Phi) is 6.62. The summed E-state index contributed by atoms with van der Waals surface area (Å²) in [5, 5.41) is 1.91. The molecule has 1 aromatic carbocycles. The van der Waals surface area contributed by atoms with Crippen LogP contribution in [0.1, 0.15) is 69.7 Å². The van der Waals surface area contributed by atoms with Crippen molar-refractivity contribution in [2.24, 2.45) is 0 Å². The molecule has 4 rings (SSSR count). The van der Waals surface area contributed by atoms with Crippen molar-refractivity contribution in [3.05, 3.63) is 58.9 Å². The second kappa shape index (κ2) is 9.24. The number of pyridine rings is 1. The van der Waals surface area contributed by atoms with E-state index in [0.717, 1.165) is 65.2 Å². The molecule has 31 heavy (non-hydrogen) atoms. The van der Waals surface area contributed by atoms with E-state index in [4.69, 9.17) is 16.6 Å². The minimum Gasteiger partial charge on any atom is -0.367 e. The van der Waals surface area contributed by atoms with Gasteiger partial charge in [0.25, 0.3) is 0 Å². The van der Waals surface area contributed by atoms with E-state index < -0.39 is 0 Å². The van der Waals surface area contributed by atoms with Crippen LogP contribution < -0.4 is 0 Å². The molecule has 1 aromatic heterocycles. The van der Waals surface area contributed by atoms with E-state index in [1.165, 1.54) is 36.9 Å². The molecular formula is C27H36ClN3. The third-order valence-corrected chi connectivity index (χ3v) is 7.60. The van der Waals surface area contributed by atoms with Gasteiger partial charge in [0.1, 0.15) is 0 Å². The van der Waals surface area contributed by atoms with Gasteiger partial charge in [0.15, 0.2) is 0 Å². The zero-order valence-corrected chi connectivity index (χ0v) is 20.1. The van der Waals surface area contributed by atoms with Crippen molar-refractivity contribution in [2.45, 2.75) is 77.8 Å². The first-order valence-corrected chi connectivity index (χ1v) is 12.4. The standard InChI is InChI=1S/C27H36ClN3/c1-6-9-10-18(4)31-21-12-13-22(31)17-30(16-21)19(5)20-11-14-24-26(15-20)29-25(8-3)23(7-2)27(24)28/h11,14-15,21-22H,4-10,12-13,16-17H2,1-3H3. The number of hydrogen-bond acceptors (Lipinski definition) is 3. The molecule has 0 amide bonds. The number of unbranched alkanes of at least 4 members (excludes halogenated alkanes) is 1. The van der Waals surface area contributed by atoms with E-state index in [2.05, 4.69) is 61.9 Å². The van der Waals surface area contributed by atoms with E-state index in [1.807, 2.05) is 0 Å². The number of piperazine rings is 1. The number of nitrogens with zero attached hydrogens (tertiary/aromatic N) is 3. The van der Waals surface area contributed by atoms with Crippen molar-refractivity contribution in [3.8, 4) is 0 Å². The van der Waals surface area contributed by atoms with E-state index in [9.17, 15) is 0 Å². The molecule has 2 aromatic rings. The highest BCUT2D eigenvalue weighted by Gasteiger charge is 2.40. The van der Waals surface area contributed by atoms with Gasteiger partial charge in [0.05, 0.1) is 10.5 Å². The Morgan fingerprint density at radius 2 is 1.81 bits per heavy atom. The highest BCUT2D eigenvalue weighted by molar-refractivity contribution is 6.36. The van der Waals surface area contributed by atoms with Gasteiger partial charge in [-0.3, -0.25) is 4.98 Å². The van der Waals surface area contributed by atoms with Crippen molar-refractivity contribution in [1.29, 1.82) is 0 Å². The summed E-state index contributed by atoms with van der Waals surface area (Å²) in [5.74, 6) is 0. The molecule has 166 valence electrons. The second-order valence-corrected chi connectivity index (χ2v) is 9.48. The van der Waals surface area contributed by atoms with Gasteiger partial charge in [-0.25, -0.2) is 0 Å². The van der Waals surface area contributed by atoms with E-state index in [0.29, 0.717) is 12.1 Å². The normalized spacial score (nSPS) is 20.5. The van der Waals surface area contributed by atoms with Gasteiger partial charge in [-0.1, -0.05) is 64.1 Å². The Labute approximate surface area is 192 Å². The molecule has 2 aliphatic rings. The third kappa shape index (κ3) is 4.09. The average Bonchev–Trinajstić information content (AvgIpc) is 3.05. The average molecular weight is 438 g/mol. The SMILES string of the molecule is C=C(c1ccc2c(Cl)c(CC)c(CC)nc2c1)N1CC2CCC(C1)N2C(=C)CCCC. The molecule has 0 N–H and O–H groups in total. The Hall–Kier alpha value is -2.00. The zero-order chi connectivity index (χ0) is 22.1. The van der Waals surface area contributed by atoms with Gasteiger partial charge in [-0.05, 0) is 55.7 Å². The first-order valence-electron chi connectivity index (χ1n) is 12.0. The topological polar surface area (TPSA) is 19.4 Å². The molecule has 0 aliphatic carbocycles. The zero-order valence-electron chi connectivity index (χ0n) is 19.4. The fourth-order valence-corrected chi connectivity index (χ4v) is 5.88. The Morgan fingerprint density at radius 3 is 2.42 bits per heavy atom. The highest BCUT2D eigenvalue weighted by Crippen LogP contribution is 2.38. The van der Waals surface area contributed by atoms with Crippen LogP contribution in [0.15, 0.2) is 37.1 Å². The maximum absolute atomic E-state index is 6.75. The van der Waals surface area contributed by atoms with Crippen LogP contribution in [0.4, 0.5) is 0 Å². The molecular weight excluding hydrogens is 402 g/mol. The number of fused-ring (bicyclic) bond motifs is 3. The van der Waals surface area contributed by atoms with Crippen LogP contribution in [0.5, 0.6) is 0 Å². The van der Waals surface area contributed by atoms with Crippen molar-refractivity contribution in [2.75, 3.05) is 13.1 Å². The molecule has 2 bridgehead atoms. The summed E-state index contributed by atoms with van der Waals surface area (Å²) in [6.45, 7) is 17.5. The summed E-state index contributed by atoms with van der Waals surface area (Å²) in [4.78, 5) is 10.1. The van der Waals surface area contributed by atoms with Crippen molar-refractivity contribution in [1.82, 2.24) is 14.8 Å². The predicted octanol–water partition coefficient (Wildman–Crippen LogP) is 6.84. The number of allylic oxidation sites excluding steroid dienone is 1. The Morgan fingerprint density at radius 1 is 1.10 bits per heavy atom. The molecule has 2 atom stereocenters. The smallest absolute Gasteiger partial charge is 0.0727 e. The largest absolute Gasteiger partial charge is 0.367 e. The fourth-order valence-electron chi connectivity index (χ4n) is 5.48. The number of benzene rings is 1. The van der Waals surface area contributed by atoms with Crippen LogP contribution in [0.3, 0.4) is 0 Å². The third-order valence-electron chi connectivity index (χ3n) is 7.17. The second-order valence-electron chi connectivity index (χ2n) is 9.10. The molecule has 2 aliphatic heterocycles. The number of rotatable bonds is 8. The van der Waals surface area contributed by atoms with E-state index in [1.54, 1.807) is 0 Å². The molecule has 0 saturated carbocycles. The Bertz CT molecular complexity index is 982. The summed E-state index contributed by atoms with van der Waals surface area (Å²) < 4.78 is 0. The maximum Gasteiger partial charge on any atom is 0.0727 e. The van der Waals surface area contributed by atoms with Gasteiger partial charge >= 0.3 is 0 Å². The molecule has 0 spiro atoms. The minimum absolute atomic E-state index is 0.562. The number of halogens is 1. The quantitative estimate of drug-likeness (QED) is 0.450. The molecule has 3 nitrogen and oxygen atoms in total. The number of aryl methyl sites for hydroxylation is 1. The van der Waals surface area contributed by atoms with Crippen LogP contribution in [-0.2, 0) is 12.8 Å². The number of aromatic nitrogens is 1. The lowest BCUT2D eigenvalue weighted by Crippen LogP contribution is -2.52. The van der Waals surface area contributed by atoms with Crippen LogP contribution in [0.25, 0.3) is 16.6 Å². The van der Waals surface area contributed by atoms with Crippen molar-refractivity contribution in [3.63, 3.8) is 0 Å². The van der Waals surface area contributed by atoms with Crippen LogP contribution in [-0.4, -0.2) is 40.0 Å². The van der Waals surface area contributed by atoms with Crippen LogP contribution in [0.2, 0.25) is 5.02 Å². The number of likely N-dealkylation sites (tertiary alicyclic amines) is 1. The molecule has 0 radical (unpaired) electrons. The van der Waals surface area contributed by atoms with E-state index >= 15 is 0 Å². The maximum atomic E-state index is 6.75. The minimum atomic E-state index is 0.562. The summed E-state index contributed by atoms with van der Waals surface area (Å²) >= 11 is 6.75.